The summed E-state index contributed by atoms with van der Waals surface area (Å²) in [6.45, 7) is 2.48. The van der Waals surface area contributed by atoms with Crippen LogP contribution < -0.4 is 10.2 Å². The predicted octanol–water partition coefficient (Wildman–Crippen LogP) is 3.74. The minimum absolute atomic E-state index is 0.0892. The third kappa shape index (κ3) is 3.86. The van der Waals surface area contributed by atoms with Crippen molar-refractivity contribution in [2.24, 2.45) is 0 Å². The molecule has 4 rings (SSSR count). The summed E-state index contributed by atoms with van der Waals surface area (Å²) in [5, 5.41) is 15.3. The fourth-order valence-corrected chi connectivity index (χ4v) is 4.09. The normalized spacial score (nSPS) is 16.3. The van der Waals surface area contributed by atoms with Gasteiger partial charge in [0.1, 0.15) is 5.75 Å². The fourth-order valence-electron chi connectivity index (χ4n) is 4.09. The van der Waals surface area contributed by atoms with Gasteiger partial charge in [-0.3, -0.25) is 14.5 Å². The van der Waals surface area contributed by atoms with Gasteiger partial charge in [0.15, 0.2) is 0 Å². The first-order valence-corrected chi connectivity index (χ1v) is 10.0. The minimum Gasteiger partial charge on any atom is -0.508 e. The second-order valence-corrected chi connectivity index (χ2v) is 7.84. The van der Waals surface area contributed by atoms with Crippen LogP contribution in [-0.2, 0) is 16.1 Å². The first kappa shape index (κ1) is 19.9. The molecule has 1 unspecified atom stereocenters. The van der Waals surface area contributed by atoms with Crippen LogP contribution in [0, 0.1) is 0 Å². The van der Waals surface area contributed by atoms with Crippen LogP contribution in [0.3, 0.4) is 0 Å². The Morgan fingerprint density at radius 1 is 1.13 bits per heavy atom. The van der Waals surface area contributed by atoms with Crippen molar-refractivity contribution in [2.45, 2.75) is 25.9 Å². The van der Waals surface area contributed by atoms with E-state index in [0.29, 0.717) is 17.9 Å². The molecule has 1 aliphatic rings. The molecule has 0 saturated heterocycles. The average molecular weight is 403 g/mol. The molecule has 1 atom stereocenters. The summed E-state index contributed by atoms with van der Waals surface area (Å²) in [5.41, 5.74) is 2.15. The Morgan fingerprint density at radius 3 is 2.70 bits per heavy atom. The number of hydrogen-bond acceptors (Lipinski definition) is 4. The molecule has 0 saturated carbocycles. The molecular weight excluding hydrogens is 378 g/mol. The van der Waals surface area contributed by atoms with E-state index in [4.69, 9.17) is 0 Å². The predicted molar refractivity (Wildman–Crippen MR) is 119 cm³/mol. The molecular formula is C24H25N3O3. The number of carbonyl (C=O) groups excluding carboxylic acids is 2. The number of fused-ring (bicyclic) bond motifs is 2. The van der Waals surface area contributed by atoms with E-state index >= 15 is 0 Å². The van der Waals surface area contributed by atoms with E-state index < -0.39 is 0 Å². The van der Waals surface area contributed by atoms with Gasteiger partial charge in [-0.05, 0) is 42.9 Å². The van der Waals surface area contributed by atoms with E-state index in [1.54, 1.807) is 11.0 Å². The number of nitrogens with zero attached hydrogens (tertiary/aromatic N) is 2. The maximum Gasteiger partial charge on any atom is 0.241 e. The van der Waals surface area contributed by atoms with E-state index in [2.05, 4.69) is 5.32 Å². The zero-order valence-electron chi connectivity index (χ0n) is 17.1. The molecule has 1 aliphatic heterocycles. The molecule has 0 aliphatic carbocycles. The third-order valence-electron chi connectivity index (χ3n) is 5.48. The van der Waals surface area contributed by atoms with Crippen molar-refractivity contribution in [3.05, 3.63) is 66.2 Å². The zero-order chi connectivity index (χ0) is 21.3. The molecule has 0 fully saturated rings. The Labute approximate surface area is 175 Å². The monoisotopic (exact) mass is 403 g/mol. The summed E-state index contributed by atoms with van der Waals surface area (Å²) in [6, 6.07) is 18.6. The molecule has 2 N–H and O–H groups in total. The smallest absolute Gasteiger partial charge is 0.241 e. The van der Waals surface area contributed by atoms with Crippen molar-refractivity contribution in [3.8, 4) is 5.75 Å². The summed E-state index contributed by atoms with van der Waals surface area (Å²) in [4.78, 5) is 29.0. The number of anilines is 2. The fraction of sp³-hybridized carbons (Fsp3) is 0.250. The van der Waals surface area contributed by atoms with Crippen molar-refractivity contribution >= 4 is 34.0 Å². The van der Waals surface area contributed by atoms with E-state index in [9.17, 15) is 14.7 Å². The molecule has 154 valence electrons. The lowest BCUT2D eigenvalue weighted by molar-refractivity contribution is -0.120. The lowest BCUT2D eigenvalue weighted by Crippen LogP contribution is -2.44. The maximum absolute atomic E-state index is 13.3. The number of aromatic hydroxyl groups is 1. The van der Waals surface area contributed by atoms with Crippen molar-refractivity contribution in [3.63, 3.8) is 0 Å². The van der Waals surface area contributed by atoms with Crippen molar-refractivity contribution < 1.29 is 14.7 Å². The Bertz CT molecular complexity index is 1110. The van der Waals surface area contributed by atoms with Gasteiger partial charge in [0.2, 0.25) is 11.8 Å². The quantitative estimate of drug-likeness (QED) is 0.696. The van der Waals surface area contributed by atoms with E-state index in [-0.39, 0.29) is 36.6 Å². The van der Waals surface area contributed by atoms with Crippen LogP contribution in [0.5, 0.6) is 5.75 Å². The Hall–Kier alpha value is -3.38. The third-order valence-corrected chi connectivity index (χ3v) is 5.48. The summed E-state index contributed by atoms with van der Waals surface area (Å²) < 4.78 is 0. The molecule has 3 aromatic rings. The zero-order valence-corrected chi connectivity index (χ0v) is 17.1. The van der Waals surface area contributed by atoms with Crippen LogP contribution in [-0.4, -0.2) is 41.5 Å². The molecule has 2 amide bonds. The number of nitrogens with one attached hydrogen (secondary N) is 1. The van der Waals surface area contributed by atoms with Crippen LogP contribution in [0.1, 0.15) is 18.9 Å². The number of para-hydroxylation sites is 2. The van der Waals surface area contributed by atoms with Crippen LogP contribution in [0.25, 0.3) is 10.8 Å². The highest BCUT2D eigenvalue weighted by Crippen LogP contribution is 2.32. The van der Waals surface area contributed by atoms with Gasteiger partial charge >= 0.3 is 0 Å². The molecule has 3 aromatic carbocycles. The summed E-state index contributed by atoms with van der Waals surface area (Å²) in [7, 11) is 1.86. The Balaban J connectivity index is 1.57. The van der Waals surface area contributed by atoms with Crippen molar-refractivity contribution in [1.29, 1.82) is 0 Å². The lowest BCUT2D eigenvalue weighted by Gasteiger charge is -2.30. The van der Waals surface area contributed by atoms with Crippen LogP contribution in [0.15, 0.2) is 60.7 Å². The highest BCUT2D eigenvalue weighted by atomic mass is 16.3. The summed E-state index contributed by atoms with van der Waals surface area (Å²) in [6.07, 6.45) is 0.244. The van der Waals surface area contributed by atoms with Gasteiger partial charge < -0.3 is 15.3 Å². The minimum atomic E-state index is -0.250. The van der Waals surface area contributed by atoms with Crippen LogP contribution in [0.4, 0.5) is 11.4 Å². The molecule has 6 heteroatoms. The van der Waals surface area contributed by atoms with E-state index in [1.165, 1.54) is 0 Å². The highest BCUT2D eigenvalue weighted by Gasteiger charge is 2.30. The van der Waals surface area contributed by atoms with Gasteiger partial charge in [0, 0.05) is 24.6 Å². The first-order valence-electron chi connectivity index (χ1n) is 10.0. The van der Waals surface area contributed by atoms with Gasteiger partial charge in [-0.15, -0.1) is 0 Å². The molecule has 0 bridgehead atoms. The second kappa shape index (κ2) is 8.16. The van der Waals surface area contributed by atoms with E-state index in [1.807, 2.05) is 73.5 Å². The second-order valence-electron chi connectivity index (χ2n) is 7.84. The molecule has 6 nitrogen and oxygen atoms in total. The van der Waals surface area contributed by atoms with Crippen LogP contribution >= 0.6 is 0 Å². The summed E-state index contributed by atoms with van der Waals surface area (Å²) in [5.74, 6) is 0.0317. The molecule has 0 spiro atoms. The number of benzene rings is 3. The summed E-state index contributed by atoms with van der Waals surface area (Å²) >= 11 is 0. The largest absolute Gasteiger partial charge is 0.508 e. The Morgan fingerprint density at radius 2 is 1.87 bits per heavy atom. The SMILES string of the molecule is CC1CC(=O)Nc2ccccc2N1C(=O)CN(C)Cc1c(O)ccc2ccccc12. The van der Waals surface area contributed by atoms with Crippen molar-refractivity contribution in [1.82, 2.24) is 4.90 Å². The number of amides is 2. The number of phenolic OH excluding ortho intramolecular Hbond substituents is 1. The molecule has 30 heavy (non-hydrogen) atoms. The average Bonchev–Trinajstić information content (AvgIpc) is 2.84. The maximum atomic E-state index is 13.3. The van der Waals surface area contributed by atoms with Gasteiger partial charge in [-0.1, -0.05) is 42.5 Å². The topological polar surface area (TPSA) is 72.9 Å². The van der Waals surface area contributed by atoms with Gasteiger partial charge in [-0.25, -0.2) is 0 Å². The number of hydrogen-bond donors (Lipinski definition) is 2. The number of rotatable bonds is 4. The van der Waals surface area contributed by atoms with Crippen LogP contribution in [0.2, 0.25) is 0 Å². The first-order chi connectivity index (χ1) is 14.4. The molecule has 0 aromatic heterocycles. The highest BCUT2D eigenvalue weighted by molar-refractivity contribution is 6.05. The van der Waals surface area contributed by atoms with E-state index in [0.717, 1.165) is 16.3 Å². The van der Waals surface area contributed by atoms with Gasteiger partial charge in [-0.2, -0.15) is 0 Å². The Kier molecular flexibility index (Phi) is 5.42. The van der Waals surface area contributed by atoms with Gasteiger partial charge in [0.25, 0.3) is 0 Å². The number of phenols is 1. The molecule has 0 radical (unpaired) electrons. The number of carbonyl (C=O) groups is 2. The lowest BCUT2D eigenvalue weighted by atomic mass is 10.0. The molecule has 1 heterocycles. The van der Waals surface area contributed by atoms with Crippen molar-refractivity contribution in [2.75, 3.05) is 23.8 Å². The van der Waals surface area contributed by atoms with Gasteiger partial charge in [0.05, 0.1) is 17.9 Å². The standard InChI is InChI=1S/C24H25N3O3/c1-16-13-23(29)25-20-9-5-6-10-21(20)27(16)24(30)15-26(2)14-19-18-8-4-3-7-17(18)11-12-22(19)28/h3-12,16,28H,13-15H2,1-2H3,(H,25,29). The number of likely N-dealkylation sites (N-methyl/N-ethyl adjacent to an activating group) is 1.